The van der Waals surface area contributed by atoms with E-state index < -0.39 is 90.1 Å². The van der Waals surface area contributed by atoms with Gasteiger partial charge in [-0.1, -0.05) is 58.0 Å². The van der Waals surface area contributed by atoms with Crippen molar-refractivity contribution in [3.8, 4) is 0 Å². The molecule has 7 atom stereocenters. The van der Waals surface area contributed by atoms with Crippen LogP contribution in [-0.4, -0.2) is 101 Å². The maximum absolute atomic E-state index is 13.6. The van der Waals surface area contributed by atoms with Crippen LogP contribution in [0.3, 0.4) is 0 Å². The molecule has 0 aromatic heterocycles. The molecule has 1 aromatic rings. The fourth-order valence-corrected chi connectivity index (χ4v) is 4.86. The van der Waals surface area contributed by atoms with Crippen LogP contribution in [0.2, 0.25) is 0 Å². The summed E-state index contributed by atoms with van der Waals surface area (Å²) in [6.45, 7) is 9.04. The van der Waals surface area contributed by atoms with Crippen molar-refractivity contribution in [2.45, 2.75) is 97.1 Å². The molecular weight excluding hydrogens is 612 g/mol. The number of nitrogens with one attached hydrogen (secondary N) is 3. The third kappa shape index (κ3) is 12.7. The van der Waals surface area contributed by atoms with E-state index in [0.29, 0.717) is 0 Å². The van der Waals surface area contributed by atoms with Gasteiger partial charge in [-0.05, 0) is 44.1 Å². The Morgan fingerprint density at radius 3 is 1.94 bits per heavy atom. The number of nitrogens with two attached hydrogens (primary N) is 2. The van der Waals surface area contributed by atoms with Crippen molar-refractivity contribution in [2.75, 3.05) is 13.7 Å². The van der Waals surface area contributed by atoms with Crippen molar-refractivity contribution in [1.29, 1.82) is 0 Å². The van der Waals surface area contributed by atoms with Crippen LogP contribution in [0, 0.1) is 17.8 Å². The molecule has 15 nitrogen and oxygen atoms in total. The largest absolute Gasteiger partial charge is 0.467 e. The zero-order chi connectivity index (χ0) is 36.0. The molecule has 0 aliphatic carbocycles. The number of hydrazine groups is 1. The third-order valence-corrected chi connectivity index (χ3v) is 7.76. The van der Waals surface area contributed by atoms with E-state index in [1.807, 2.05) is 0 Å². The van der Waals surface area contributed by atoms with E-state index in [1.165, 1.54) is 21.0 Å². The van der Waals surface area contributed by atoms with Gasteiger partial charge in [0.25, 0.3) is 0 Å². The number of benzene rings is 1. The Morgan fingerprint density at radius 2 is 1.43 bits per heavy atom. The maximum atomic E-state index is 13.6. The number of carbonyl (C=O) groups is 6. The second-order valence-corrected chi connectivity index (χ2v) is 12.3. The Hall–Kier alpha value is -3.92. The molecule has 0 radical (unpaired) electrons. The third-order valence-electron chi connectivity index (χ3n) is 7.76. The lowest BCUT2D eigenvalue weighted by molar-refractivity contribution is -0.149. The predicted molar refractivity (Wildman–Crippen MR) is 173 cm³/mol. The Bertz CT molecular complexity index is 1210. The first-order valence-electron chi connectivity index (χ1n) is 15.6. The summed E-state index contributed by atoms with van der Waals surface area (Å²) in [7, 11) is 1.20. The topological polar surface area (TPSA) is 243 Å². The highest BCUT2D eigenvalue weighted by Gasteiger charge is 2.36. The number of hydrogen-bond acceptors (Lipinski definition) is 11. The molecular formula is C32H52N6O9. The van der Waals surface area contributed by atoms with Gasteiger partial charge in [0, 0.05) is 12.3 Å². The van der Waals surface area contributed by atoms with Gasteiger partial charge in [0.2, 0.25) is 23.6 Å². The summed E-state index contributed by atoms with van der Waals surface area (Å²) in [6.07, 6.45) is -1.74. The molecule has 1 rings (SSSR count). The van der Waals surface area contributed by atoms with Gasteiger partial charge in [-0.3, -0.25) is 29.0 Å². The van der Waals surface area contributed by atoms with Gasteiger partial charge in [0.05, 0.1) is 25.9 Å². The highest BCUT2D eigenvalue weighted by Crippen LogP contribution is 2.21. The molecule has 0 bridgehead atoms. The molecule has 4 amide bonds. The number of hydrogen-bond donors (Lipinski definition) is 7. The number of ketones is 1. The van der Waals surface area contributed by atoms with Crippen LogP contribution in [0.15, 0.2) is 30.3 Å². The van der Waals surface area contributed by atoms with Gasteiger partial charge >= 0.3 is 5.97 Å². The summed E-state index contributed by atoms with van der Waals surface area (Å²) < 4.78 is 4.78. The Balaban J connectivity index is 3.07. The van der Waals surface area contributed by atoms with E-state index >= 15 is 0 Å². The van der Waals surface area contributed by atoms with Crippen LogP contribution in [-0.2, 0) is 39.9 Å². The van der Waals surface area contributed by atoms with Crippen molar-refractivity contribution in [3.63, 3.8) is 0 Å². The van der Waals surface area contributed by atoms with Gasteiger partial charge in [-0.2, -0.15) is 0 Å². The zero-order valence-electron chi connectivity index (χ0n) is 28.3. The van der Waals surface area contributed by atoms with Gasteiger partial charge in [-0.25, -0.2) is 10.6 Å². The number of esters is 1. The van der Waals surface area contributed by atoms with E-state index in [4.69, 9.17) is 21.4 Å². The number of nitrogens with zero attached hydrogens (tertiary/aromatic N) is 1. The summed E-state index contributed by atoms with van der Waals surface area (Å²) in [5.74, 6) is 0.435. The second-order valence-electron chi connectivity index (χ2n) is 12.3. The fourth-order valence-electron chi connectivity index (χ4n) is 4.86. The normalized spacial score (nSPS) is 15.8. The molecule has 15 heteroatoms. The van der Waals surface area contributed by atoms with Crippen molar-refractivity contribution in [1.82, 2.24) is 21.0 Å². The second kappa shape index (κ2) is 19.7. The van der Waals surface area contributed by atoms with Crippen LogP contribution in [0.5, 0.6) is 0 Å². The van der Waals surface area contributed by atoms with Crippen LogP contribution < -0.4 is 27.5 Å². The molecule has 0 aliphatic heterocycles. The Labute approximate surface area is 276 Å². The zero-order valence-corrected chi connectivity index (χ0v) is 28.3. The quantitative estimate of drug-likeness (QED) is 0.0406. The van der Waals surface area contributed by atoms with Gasteiger partial charge < -0.3 is 36.6 Å². The predicted octanol–water partition coefficient (Wildman–Crippen LogP) is -1.07. The number of Topliss-reactive ketones (excluding diaryl/α,β-unsaturated/α-hetero) is 1. The number of carbonyl (C=O) groups excluding carboxylic acids is 6. The van der Waals surface area contributed by atoms with E-state index in [2.05, 4.69) is 16.0 Å². The van der Waals surface area contributed by atoms with Gasteiger partial charge in [0.15, 0.2) is 5.78 Å². The number of rotatable bonds is 19. The Morgan fingerprint density at radius 1 is 0.851 bits per heavy atom. The van der Waals surface area contributed by atoms with Crippen LogP contribution in [0.25, 0.3) is 0 Å². The molecule has 264 valence electrons. The highest BCUT2D eigenvalue weighted by atomic mass is 16.5. The van der Waals surface area contributed by atoms with Crippen LogP contribution in [0.1, 0.15) is 59.9 Å². The van der Waals surface area contributed by atoms with E-state index in [9.17, 15) is 33.9 Å². The minimum atomic E-state index is -1.34. The maximum Gasteiger partial charge on any atom is 0.328 e. The molecule has 7 unspecified atom stereocenters. The first kappa shape index (κ1) is 41.1. The standard InChI is InChI=1S/C32H52N6O9/c1-17(2)26(32(46)47-7)37-31(45)27(18(3)4)38(34)25(41)14-13-24(40)22(15-21-11-9-8-10-12-21)28(42)19(5)35-29(43)20(6)36-30(44)23(33)16-39/h8-12,17-20,22-24,26-27,39-40H,13-16,33-34H2,1-7H3,(H,35,43)(H,36,44)(H,37,45). The molecule has 9 N–H and O–H groups in total. The fraction of sp³-hybridized carbons (Fsp3) is 0.625. The van der Waals surface area contributed by atoms with Crippen LogP contribution >= 0.6 is 0 Å². The summed E-state index contributed by atoms with van der Waals surface area (Å²) in [4.78, 5) is 76.8. The summed E-state index contributed by atoms with van der Waals surface area (Å²) >= 11 is 0. The molecule has 0 spiro atoms. The minimum absolute atomic E-state index is 0.0976. The molecule has 0 saturated carbocycles. The van der Waals surface area contributed by atoms with E-state index in [-0.39, 0.29) is 25.2 Å². The molecule has 0 fully saturated rings. The van der Waals surface area contributed by atoms with Crippen molar-refractivity contribution >= 4 is 35.4 Å². The molecule has 47 heavy (non-hydrogen) atoms. The lowest BCUT2D eigenvalue weighted by Crippen LogP contribution is -2.58. The lowest BCUT2D eigenvalue weighted by Gasteiger charge is -2.32. The average Bonchev–Trinajstić information content (AvgIpc) is 3.03. The van der Waals surface area contributed by atoms with E-state index in [1.54, 1.807) is 58.0 Å². The number of aliphatic hydroxyl groups excluding tert-OH is 2. The summed E-state index contributed by atoms with van der Waals surface area (Å²) in [5, 5.41) is 28.5. The van der Waals surface area contributed by atoms with Gasteiger partial charge in [-0.15, -0.1) is 0 Å². The monoisotopic (exact) mass is 664 g/mol. The SMILES string of the molecule is COC(=O)C(NC(=O)C(C(C)C)N(N)C(=O)CCC(O)C(Cc1ccccc1)C(=O)C(C)NC(=O)C(C)NC(=O)C(N)CO)C(C)C. The lowest BCUT2D eigenvalue weighted by atomic mass is 9.85. The number of methoxy groups -OCH3 is 1. The van der Waals surface area contributed by atoms with Gasteiger partial charge in [0.1, 0.15) is 24.2 Å². The highest BCUT2D eigenvalue weighted by molar-refractivity contribution is 5.94. The van der Waals surface area contributed by atoms with Crippen molar-refractivity contribution in [3.05, 3.63) is 35.9 Å². The first-order chi connectivity index (χ1) is 22.0. The molecule has 0 saturated heterocycles. The van der Waals surface area contributed by atoms with Crippen molar-refractivity contribution in [2.24, 2.45) is 29.3 Å². The minimum Gasteiger partial charge on any atom is -0.467 e. The number of ether oxygens (including phenoxy) is 1. The summed E-state index contributed by atoms with van der Waals surface area (Å²) in [6, 6.07) is 3.41. The Kier molecular flexibility index (Phi) is 17.2. The van der Waals surface area contributed by atoms with E-state index in [0.717, 1.165) is 10.6 Å². The first-order valence-corrected chi connectivity index (χ1v) is 15.6. The van der Waals surface area contributed by atoms with Crippen molar-refractivity contribution < 1.29 is 43.7 Å². The number of amides is 4. The van der Waals surface area contributed by atoms with Crippen LogP contribution in [0.4, 0.5) is 0 Å². The smallest absolute Gasteiger partial charge is 0.328 e. The average molecular weight is 665 g/mol. The molecule has 1 aromatic carbocycles. The summed E-state index contributed by atoms with van der Waals surface area (Å²) in [5.41, 5.74) is 6.21. The molecule has 0 heterocycles. The molecule has 0 aliphatic rings. The number of aliphatic hydroxyl groups is 2.